The van der Waals surface area contributed by atoms with Crippen LogP contribution >= 0.6 is 11.6 Å². The molecule has 1 unspecified atom stereocenters. The summed E-state index contributed by atoms with van der Waals surface area (Å²) in [5.41, 5.74) is 1.56. The number of pyridine rings is 1. The van der Waals surface area contributed by atoms with Gasteiger partial charge >= 0.3 is 0 Å². The molecule has 2 aromatic carbocycles. The molecule has 150 valence electrons. The maximum absolute atomic E-state index is 13.5. The van der Waals surface area contributed by atoms with Gasteiger partial charge in [0.05, 0.1) is 0 Å². The normalized spacial score (nSPS) is 20.1. The van der Waals surface area contributed by atoms with Gasteiger partial charge in [0.15, 0.2) is 0 Å². The highest BCUT2D eigenvalue weighted by Gasteiger charge is 2.55. The molecule has 0 spiro atoms. The number of halogens is 2. The van der Waals surface area contributed by atoms with Crippen molar-refractivity contribution in [2.75, 3.05) is 13.1 Å². The van der Waals surface area contributed by atoms with Crippen LogP contribution in [-0.4, -0.2) is 39.7 Å². The number of amides is 2. The Balaban J connectivity index is 1.68. The first-order chi connectivity index (χ1) is 14.5. The minimum absolute atomic E-state index is 0.136. The highest BCUT2D eigenvalue weighted by atomic mass is 35.5. The Morgan fingerprint density at radius 2 is 1.77 bits per heavy atom. The van der Waals surface area contributed by atoms with Crippen molar-refractivity contribution < 1.29 is 14.0 Å². The van der Waals surface area contributed by atoms with Crippen molar-refractivity contribution in [3.63, 3.8) is 0 Å². The lowest BCUT2D eigenvalue weighted by molar-refractivity contribution is 0.00765. The molecule has 1 saturated heterocycles. The lowest BCUT2D eigenvalue weighted by Crippen LogP contribution is -2.58. The molecule has 7 heteroatoms. The lowest BCUT2D eigenvalue weighted by Gasteiger charge is -2.47. The molecule has 3 heterocycles. The molecule has 2 amide bonds. The van der Waals surface area contributed by atoms with Gasteiger partial charge in [-0.05, 0) is 53.6 Å². The first kappa shape index (κ1) is 18.8. The SMILES string of the molecule is O=C(c1ccc(F)cc1)N1CCN2C(=O)c3ccncc3CC12c1ccc(Cl)cc1. The number of benzene rings is 2. The van der Waals surface area contributed by atoms with Gasteiger partial charge in [-0.1, -0.05) is 23.7 Å². The fraction of sp³-hybridized carbons (Fsp3) is 0.174. The van der Waals surface area contributed by atoms with E-state index in [1.807, 2.05) is 12.1 Å². The molecule has 0 saturated carbocycles. The Hall–Kier alpha value is -3.25. The number of fused-ring (bicyclic) bond motifs is 2. The van der Waals surface area contributed by atoms with Crippen molar-refractivity contribution in [3.05, 3.63) is 100 Å². The quantitative estimate of drug-likeness (QED) is 0.631. The second kappa shape index (κ2) is 6.92. The standard InChI is InChI=1S/C23H17ClFN3O2/c24-18-5-3-17(4-6-18)23-13-16-14-26-10-9-20(16)22(30)28(23)12-11-27(23)21(29)15-1-7-19(25)8-2-15/h1-10,14H,11-13H2. The molecule has 5 nitrogen and oxygen atoms in total. The zero-order valence-electron chi connectivity index (χ0n) is 15.9. The number of nitrogens with zero attached hydrogens (tertiary/aromatic N) is 3. The topological polar surface area (TPSA) is 53.5 Å². The van der Waals surface area contributed by atoms with Crippen LogP contribution in [-0.2, 0) is 12.1 Å². The summed E-state index contributed by atoms with van der Waals surface area (Å²) in [6.45, 7) is 0.766. The van der Waals surface area contributed by atoms with E-state index in [0.717, 1.165) is 11.1 Å². The van der Waals surface area contributed by atoms with Crippen LogP contribution in [0.1, 0.15) is 31.8 Å². The molecule has 2 aliphatic rings. The van der Waals surface area contributed by atoms with Crippen LogP contribution in [0.25, 0.3) is 0 Å². The van der Waals surface area contributed by atoms with Crippen LogP contribution in [0.3, 0.4) is 0 Å². The van der Waals surface area contributed by atoms with Gasteiger partial charge in [0, 0.05) is 48.1 Å². The van der Waals surface area contributed by atoms with Crippen LogP contribution in [0.5, 0.6) is 0 Å². The van der Waals surface area contributed by atoms with E-state index in [-0.39, 0.29) is 11.8 Å². The molecule has 2 aliphatic heterocycles. The Morgan fingerprint density at radius 3 is 2.50 bits per heavy atom. The molecule has 0 N–H and O–H groups in total. The van der Waals surface area contributed by atoms with Gasteiger partial charge in [-0.3, -0.25) is 14.6 Å². The summed E-state index contributed by atoms with van der Waals surface area (Å²) < 4.78 is 13.4. The number of rotatable bonds is 2. The van der Waals surface area contributed by atoms with Crippen molar-refractivity contribution in [1.29, 1.82) is 0 Å². The summed E-state index contributed by atoms with van der Waals surface area (Å²) in [5, 5.41) is 0.570. The van der Waals surface area contributed by atoms with Crippen molar-refractivity contribution >= 4 is 23.4 Å². The van der Waals surface area contributed by atoms with E-state index in [1.165, 1.54) is 24.3 Å². The van der Waals surface area contributed by atoms with E-state index in [1.54, 1.807) is 40.4 Å². The maximum Gasteiger partial charge on any atom is 0.256 e. The van der Waals surface area contributed by atoms with Crippen LogP contribution < -0.4 is 0 Å². The molecule has 0 aliphatic carbocycles. The summed E-state index contributed by atoms with van der Waals surface area (Å²) in [5.74, 6) is -0.801. The molecule has 0 bridgehead atoms. The third kappa shape index (κ3) is 2.71. The number of hydrogen-bond acceptors (Lipinski definition) is 3. The number of aromatic nitrogens is 1. The molecule has 30 heavy (non-hydrogen) atoms. The Bertz CT molecular complexity index is 1150. The van der Waals surface area contributed by atoms with Crippen molar-refractivity contribution in [2.24, 2.45) is 0 Å². The number of carbonyl (C=O) groups is 2. The molecular formula is C23H17ClFN3O2. The van der Waals surface area contributed by atoms with E-state index in [4.69, 9.17) is 11.6 Å². The average Bonchev–Trinajstić information content (AvgIpc) is 3.15. The van der Waals surface area contributed by atoms with Crippen LogP contribution in [0, 0.1) is 5.82 Å². The van der Waals surface area contributed by atoms with Gasteiger partial charge in [-0.15, -0.1) is 0 Å². The molecule has 1 aromatic heterocycles. The van der Waals surface area contributed by atoms with Crippen molar-refractivity contribution in [3.8, 4) is 0 Å². The molecule has 1 atom stereocenters. The summed E-state index contributed by atoms with van der Waals surface area (Å²) in [6, 6.07) is 14.4. The molecule has 3 aromatic rings. The number of hydrogen-bond donors (Lipinski definition) is 0. The molecule has 0 radical (unpaired) electrons. The second-order valence-electron chi connectivity index (χ2n) is 7.45. The van der Waals surface area contributed by atoms with Gasteiger partial charge in [-0.2, -0.15) is 0 Å². The van der Waals surface area contributed by atoms with Gasteiger partial charge < -0.3 is 9.80 Å². The number of carbonyl (C=O) groups excluding carboxylic acids is 2. The zero-order valence-corrected chi connectivity index (χ0v) is 16.6. The van der Waals surface area contributed by atoms with Gasteiger partial charge in [0.25, 0.3) is 11.8 Å². The van der Waals surface area contributed by atoms with Crippen LogP contribution in [0.15, 0.2) is 67.0 Å². The van der Waals surface area contributed by atoms with Gasteiger partial charge in [0.2, 0.25) is 0 Å². The van der Waals surface area contributed by atoms with Gasteiger partial charge in [0.1, 0.15) is 11.5 Å². The molecule has 1 fully saturated rings. The van der Waals surface area contributed by atoms with E-state index in [2.05, 4.69) is 4.98 Å². The first-order valence-corrected chi connectivity index (χ1v) is 9.97. The highest BCUT2D eigenvalue weighted by molar-refractivity contribution is 6.30. The summed E-state index contributed by atoms with van der Waals surface area (Å²) in [4.78, 5) is 34.5. The Morgan fingerprint density at radius 1 is 1.03 bits per heavy atom. The Labute approximate surface area is 177 Å². The van der Waals surface area contributed by atoms with E-state index >= 15 is 0 Å². The average molecular weight is 422 g/mol. The summed E-state index contributed by atoms with van der Waals surface area (Å²) >= 11 is 6.10. The monoisotopic (exact) mass is 421 g/mol. The minimum Gasteiger partial charge on any atom is -0.309 e. The molecule has 5 rings (SSSR count). The van der Waals surface area contributed by atoms with Crippen LogP contribution in [0.2, 0.25) is 5.02 Å². The van der Waals surface area contributed by atoms with Crippen LogP contribution in [0.4, 0.5) is 4.39 Å². The fourth-order valence-electron chi connectivity index (χ4n) is 4.51. The maximum atomic E-state index is 13.5. The van der Waals surface area contributed by atoms with Crippen molar-refractivity contribution in [2.45, 2.75) is 12.1 Å². The predicted octanol–water partition coefficient (Wildman–Crippen LogP) is 3.88. The van der Waals surface area contributed by atoms with E-state index in [9.17, 15) is 14.0 Å². The third-order valence-electron chi connectivity index (χ3n) is 5.90. The fourth-order valence-corrected chi connectivity index (χ4v) is 4.64. The zero-order chi connectivity index (χ0) is 20.9. The minimum atomic E-state index is -0.997. The van der Waals surface area contributed by atoms with Crippen molar-refractivity contribution in [1.82, 2.24) is 14.8 Å². The summed E-state index contributed by atoms with van der Waals surface area (Å²) in [7, 11) is 0. The second-order valence-corrected chi connectivity index (χ2v) is 7.89. The Kier molecular flexibility index (Phi) is 4.33. The van der Waals surface area contributed by atoms with E-state index < -0.39 is 11.5 Å². The third-order valence-corrected chi connectivity index (χ3v) is 6.15. The lowest BCUT2D eigenvalue weighted by atomic mass is 9.84. The van der Waals surface area contributed by atoms with Gasteiger partial charge in [-0.25, -0.2) is 4.39 Å². The largest absolute Gasteiger partial charge is 0.309 e. The summed E-state index contributed by atoms with van der Waals surface area (Å²) in [6.07, 6.45) is 3.70. The highest BCUT2D eigenvalue weighted by Crippen LogP contribution is 2.45. The predicted molar refractivity (Wildman–Crippen MR) is 110 cm³/mol. The smallest absolute Gasteiger partial charge is 0.256 e. The molecular weight excluding hydrogens is 405 g/mol. The van der Waals surface area contributed by atoms with E-state index in [0.29, 0.717) is 35.7 Å². The first-order valence-electron chi connectivity index (χ1n) is 9.59.